The standard InChI is InChI=1S/C22H21ClNO4PS/c1-26-19-6-3-2-5-15(19)9-10-24-22(25)21(29-27-11-4-12-28-29)18-14-30-20-8-7-16(23)13-17(18)20/h2-3,5-10,13-14,21H,4,11-12H2,1H3,(H,24,25). The van der Waals surface area contributed by atoms with Gasteiger partial charge in [-0.15, -0.1) is 11.3 Å². The smallest absolute Gasteiger partial charge is 0.240 e. The number of thiophene rings is 1. The number of amides is 1. The van der Waals surface area contributed by atoms with Crippen LogP contribution in [0.15, 0.2) is 54.0 Å². The zero-order valence-corrected chi connectivity index (χ0v) is 18.8. The molecule has 1 fully saturated rings. The summed E-state index contributed by atoms with van der Waals surface area (Å²) >= 11 is 7.81. The Morgan fingerprint density at radius 2 is 2.07 bits per heavy atom. The Morgan fingerprint density at radius 3 is 2.87 bits per heavy atom. The SMILES string of the molecule is COc1ccccc1C=CNC(=O)C(c1csc2ccc(Cl)cc12)P1OCCCO1. The van der Waals surface area contributed by atoms with Crippen molar-refractivity contribution in [3.05, 3.63) is 70.2 Å². The van der Waals surface area contributed by atoms with Crippen LogP contribution in [0, 0.1) is 0 Å². The van der Waals surface area contributed by atoms with Crippen LogP contribution in [0.5, 0.6) is 5.75 Å². The summed E-state index contributed by atoms with van der Waals surface area (Å²) in [4.78, 5) is 13.2. The van der Waals surface area contributed by atoms with Crippen molar-refractivity contribution in [2.24, 2.45) is 0 Å². The molecule has 3 aromatic rings. The van der Waals surface area contributed by atoms with E-state index >= 15 is 0 Å². The molecule has 0 radical (unpaired) electrons. The van der Waals surface area contributed by atoms with Crippen LogP contribution in [0.1, 0.15) is 23.2 Å². The molecule has 2 aromatic carbocycles. The lowest BCUT2D eigenvalue weighted by molar-refractivity contribution is -0.120. The molecule has 0 saturated carbocycles. The summed E-state index contributed by atoms with van der Waals surface area (Å²) in [5.41, 5.74) is 1.21. The third-order valence-corrected chi connectivity index (χ3v) is 7.70. The van der Waals surface area contributed by atoms with Gasteiger partial charge in [-0.3, -0.25) is 4.79 Å². The van der Waals surface area contributed by atoms with Crippen LogP contribution in [0.3, 0.4) is 0 Å². The number of nitrogens with one attached hydrogen (secondary N) is 1. The van der Waals surface area contributed by atoms with Crippen LogP contribution in [0.25, 0.3) is 16.2 Å². The van der Waals surface area contributed by atoms with E-state index in [9.17, 15) is 4.79 Å². The molecular weight excluding hydrogens is 441 g/mol. The molecular formula is C22H21ClNO4PS. The zero-order chi connectivity index (χ0) is 20.9. The minimum absolute atomic E-state index is 0.172. The third-order valence-electron chi connectivity index (χ3n) is 4.67. The number of benzene rings is 2. The number of hydrogen-bond donors (Lipinski definition) is 1. The molecule has 4 rings (SSSR count). The van der Waals surface area contributed by atoms with E-state index in [1.54, 1.807) is 24.6 Å². The van der Waals surface area contributed by atoms with Gasteiger partial charge in [-0.2, -0.15) is 0 Å². The monoisotopic (exact) mass is 461 g/mol. The van der Waals surface area contributed by atoms with Crippen LogP contribution in [-0.2, 0) is 13.8 Å². The second kappa shape index (κ2) is 9.90. The third kappa shape index (κ3) is 4.69. The van der Waals surface area contributed by atoms with Crippen LogP contribution in [-0.4, -0.2) is 26.2 Å². The van der Waals surface area contributed by atoms with Gasteiger partial charge in [-0.05, 0) is 53.1 Å². The Bertz CT molecular complexity index is 1060. The Kier molecular flexibility index (Phi) is 7.03. The van der Waals surface area contributed by atoms with Crippen LogP contribution in [0.2, 0.25) is 5.02 Å². The molecule has 1 aromatic heterocycles. The number of methoxy groups -OCH3 is 1. The molecule has 8 heteroatoms. The minimum Gasteiger partial charge on any atom is -0.496 e. The molecule has 0 spiro atoms. The summed E-state index contributed by atoms with van der Waals surface area (Å²) in [6, 6.07) is 13.3. The van der Waals surface area contributed by atoms with Gasteiger partial charge in [0.15, 0.2) is 8.38 Å². The number of hydrogen-bond acceptors (Lipinski definition) is 5. The van der Waals surface area contributed by atoms with Crippen molar-refractivity contribution in [2.45, 2.75) is 12.1 Å². The number of para-hydroxylation sites is 1. The fourth-order valence-corrected chi connectivity index (χ4v) is 6.17. The highest BCUT2D eigenvalue weighted by molar-refractivity contribution is 7.49. The first kappa shape index (κ1) is 21.3. The van der Waals surface area contributed by atoms with Crippen LogP contribution >= 0.6 is 31.3 Å². The lowest BCUT2D eigenvalue weighted by Crippen LogP contribution is -2.26. The Morgan fingerprint density at radius 1 is 1.27 bits per heavy atom. The summed E-state index contributed by atoms with van der Waals surface area (Å²) in [7, 11) is 0.224. The van der Waals surface area contributed by atoms with Crippen molar-refractivity contribution in [1.29, 1.82) is 0 Å². The fourth-order valence-electron chi connectivity index (χ4n) is 3.23. The van der Waals surface area contributed by atoms with E-state index < -0.39 is 14.0 Å². The number of carbonyl (C=O) groups is 1. The molecule has 2 heterocycles. The van der Waals surface area contributed by atoms with Crippen molar-refractivity contribution in [3.8, 4) is 5.75 Å². The van der Waals surface area contributed by atoms with E-state index in [1.165, 1.54) is 0 Å². The lowest BCUT2D eigenvalue weighted by Gasteiger charge is -2.28. The first-order valence-corrected chi connectivity index (χ1v) is 12.0. The van der Waals surface area contributed by atoms with Gasteiger partial charge in [-0.25, -0.2) is 0 Å². The summed E-state index contributed by atoms with van der Waals surface area (Å²) in [6.07, 6.45) is 4.28. The quantitative estimate of drug-likeness (QED) is 0.448. The second-order valence-electron chi connectivity index (χ2n) is 6.62. The average Bonchev–Trinajstić information content (AvgIpc) is 3.18. The van der Waals surface area contributed by atoms with Gasteiger partial charge < -0.3 is 19.1 Å². The molecule has 156 valence electrons. The maximum Gasteiger partial charge on any atom is 0.240 e. The van der Waals surface area contributed by atoms with E-state index in [2.05, 4.69) is 5.32 Å². The summed E-state index contributed by atoms with van der Waals surface area (Å²) in [5.74, 6) is 0.565. The summed E-state index contributed by atoms with van der Waals surface area (Å²) in [5, 5.41) is 6.49. The highest BCUT2D eigenvalue weighted by atomic mass is 35.5. The molecule has 1 amide bonds. The number of halogens is 1. The van der Waals surface area contributed by atoms with Crippen molar-refractivity contribution < 1.29 is 18.6 Å². The van der Waals surface area contributed by atoms with E-state index in [-0.39, 0.29) is 5.91 Å². The van der Waals surface area contributed by atoms with Crippen LogP contribution in [0.4, 0.5) is 0 Å². The molecule has 1 aliphatic rings. The Hall–Kier alpha value is -1.95. The highest BCUT2D eigenvalue weighted by Crippen LogP contribution is 2.56. The van der Waals surface area contributed by atoms with E-state index in [4.69, 9.17) is 25.4 Å². The molecule has 1 aliphatic heterocycles. The highest BCUT2D eigenvalue weighted by Gasteiger charge is 2.35. The van der Waals surface area contributed by atoms with E-state index in [0.717, 1.165) is 33.4 Å². The van der Waals surface area contributed by atoms with Gasteiger partial charge in [0.05, 0.1) is 20.3 Å². The Balaban J connectivity index is 1.61. The first-order chi connectivity index (χ1) is 14.7. The van der Waals surface area contributed by atoms with Crippen molar-refractivity contribution in [3.63, 3.8) is 0 Å². The molecule has 1 unspecified atom stereocenters. The molecule has 30 heavy (non-hydrogen) atoms. The number of rotatable bonds is 6. The number of ether oxygens (including phenoxy) is 1. The predicted octanol–water partition coefficient (Wildman–Crippen LogP) is 6.14. The lowest BCUT2D eigenvalue weighted by atomic mass is 10.1. The van der Waals surface area contributed by atoms with Gasteiger partial charge in [-0.1, -0.05) is 29.8 Å². The van der Waals surface area contributed by atoms with Crippen molar-refractivity contribution >= 4 is 53.4 Å². The van der Waals surface area contributed by atoms with Gasteiger partial charge in [0.25, 0.3) is 0 Å². The van der Waals surface area contributed by atoms with Gasteiger partial charge >= 0.3 is 0 Å². The van der Waals surface area contributed by atoms with Crippen molar-refractivity contribution in [1.82, 2.24) is 5.32 Å². The Labute approximate surface area is 185 Å². The van der Waals surface area contributed by atoms with Crippen LogP contribution < -0.4 is 10.1 Å². The molecule has 0 aliphatic carbocycles. The largest absolute Gasteiger partial charge is 0.496 e. The topological polar surface area (TPSA) is 56.8 Å². The minimum atomic E-state index is -1.40. The van der Waals surface area contributed by atoms with Crippen molar-refractivity contribution in [2.75, 3.05) is 20.3 Å². The second-order valence-corrected chi connectivity index (χ2v) is 9.57. The number of fused-ring (bicyclic) bond motifs is 1. The zero-order valence-electron chi connectivity index (χ0n) is 16.3. The molecule has 1 N–H and O–H groups in total. The normalized spacial score (nSPS) is 16.1. The maximum absolute atomic E-state index is 13.2. The average molecular weight is 462 g/mol. The van der Waals surface area contributed by atoms with Gasteiger partial charge in [0.2, 0.25) is 5.91 Å². The summed E-state index contributed by atoms with van der Waals surface area (Å²) in [6.45, 7) is 1.19. The first-order valence-electron chi connectivity index (χ1n) is 9.49. The number of carbonyl (C=O) groups excluding carboxylic acids is 1. The van der Waals surface area contributed by atoms with Gasteiger partial charge in [0.1, 0.15) is 11.4 Å². The van der Waals surface area contributed by atoms with Gasteiger partial charge in [0, 0.05) is 21.5 Å². The van der Waals surface area contributed by atoms with E-state index in [1.807, 2.05) is 53.9 Å². The molecule has 5 nitrogen and oxygen atoms in total. The predicted molar refractivity (Wildman–Crippen MR) is 123 cm³/mol. The molecule has 1 atom stereocenters. The summed E-state index contributed by atoms with van der Waals surface area (Å²) < 4.78 is 18.2. The maximum atomic E-state index is 13.2. The molecule has 0 bridgehead atoms. The molecule has 1 saturated heterocycles. The fraction of sp³-hybridized carbons (Fsp3) is 0.227. The van der Waals surface area contributed by atoms with E-state index in [0.29, 0.717) is 18.2 Å².